The summed E-state index contributed by atoms with van der Waals surface area (Å²) >= 11 is 0. The molecule has 2 bridgehead atoms. The quantitative estimate of drug-likeness (QED) is 0.298. The minimum atomic E-state index is -1.35. The van der Waals surface area contributed by atoms with Crippen LogP contribution in [0.4, 0.5) is 15.9 Å². The maximum absolute atomic E-state index is 14.9. The van der Waals surface area contributed by atoms with Crippen molar-refractivity contribution in [1.82, 2.24) is 20.1 Å². The van der Waals surface area contributed by atoms with E-state index in [4.69, 9.17) is 9.84 Å². The first-order valence-corrected chi connectivity index (χ1v) is 14.4. The fourth-order valence-electron chi connectivity index (χ4n) is 5.92. The summed E-state index contributed by atoms with van der Waals surface area (Å²) < 4.78 is 23.0. The van der Waals surface area contributed by atoms with Crippen molar-refractivity contribution in [3.8, 4) is 17.1 Å². The lowest BCUT2D eigenvalue weighted by atomic mass is 10.0. The normalized spacial score (nSPS) is 20.3. The molecule has 2 unspecified atom stereocenters. The van der Waals surface area contributed by atoms with Gasteiger partial charge in [-0.15, -0.1) is 0 Å². The van der Waals surface area contributed by atoms with E-state index in [1.165, 1.54) is 6.07 Å². The first kappa shape index (κ1) is 26.8. The van der Waals surface area contributed by atoms with E-state index in [1.54, 1.807) is 23.0 Å². The standard InChI is InChI=1S/C32H30FN7O3/c1-17(2)35-24-14-11-19(16-34-24)27-25(32-40(39-27)20-12-13-21(15-20)43-32)30(41)38-29-31(42)37-28-22(9-6-10-23(28)33)26(36-29)18-7-4-3-5-8-18/h3-11,14,16-17,20-21,29H,12-13,15H2,1-2H3,(H,34,35)(H,37,42)(H,38,41)/t20?,21?,29-/m1/s1. The molecule has 0 radical (unpaired) electrons. The number of pyridine rings is 1. The fourth-order valence-corrected chi connectivity index (χ4v) is 5.92. The van der Waals surface area contributed by atoms with Gasteiger partial charge < -0.3 is 20.7 Å². The SMILES string of the molecule is CC(C)Nc1ccc(-c2nn3c(c2C(=O)N[C@H]2N=C(c4ccccc4)c4cccc(F)c4NC2=O)OC2CCC3C2)cn1. The number of aromatic nitrogens is 3. The zero-order valence-electron chi connectivity index (χ0n) is 23.7. The van der Waals surface area contributed by atoms with Crippen LogP contribution in [0.3, 0.4) is 0 Å². The summed E-state index contributed by atoms with van der Waals surface area (Å²) in [6, 6.07) is 17.7. The molecule has 2 amide bonds. The molecule has 4 aromatic rings. The van der Waals surface area contributed by atoms with Crippen LogP contribution >= 0.6 is 0 Å². The molecule has 2 aromatic heterocycles. The van der Waals surface area contributed by atoms with E-state index < -0.39 is 23.8 Å². The summed E-state index contributed by atoms with van der Waals surface area (Å²) in [5.74, 6) is -0.772. The van der Waals surface area contributed by atoms with Crippen molar-refractivity contribution in [2.75, 3.05) is 10.6 Å². The van der Waals surface area contributed by atoms with Gasteiger partial charge in [-0.2, -0.15) is 5.10 Å². The van der Waals surface area contributed by atoms with Gasteiger partial charge in [0, 0.05) is 35.3 Å². The molecule has 4 heterocycles. The number of amides is 2. The third-order valence-electron chi connectivity index (χ3n) is 7.89. The lowest BCUT2D eigenvalue weighted by Crippen LogP contribution is -2.42. The Morgan fingerprint density at radius 2 is 1.91 bits per heavy atom. The Kier molecular flexibility index (Phi) is 6.64. The van der Waals surface area contributed by atoms with Gasteiger partial charge in [0.05, 0.1) is 17.4 Å². The van der Waals surface area contributed by atoms with E-state index in [2.05, 4.69) is 25.9 Å². The molecule has 43 heavy (non-hydrogen) atoms. The molecular formula is C32H30FN7O3. The van der Waals surface area contributed by atoms with E-state index in [9.17, 15) is 14.0 Å². The Hall–Kier alpha value is -5.06. The second-order valence-electron chi connectivity index (χ2n) is 11.3. The molecule has 0 spiro atoms. The number of hydrogen-bond acceptors (Lipinski definition) is 7. The maximum Gasteiger partial charge on any atom is 0.269 e. The first-order chi connectivity index (χ1) is 20.9. The lowest BCUT2D eigenvalue weighted by Gasteiger charge is -2.23. The van der Waals surface area contributed by atoms with Crippen LogP contribution in [0.5, 0.6) is 5.88 Å². The summed E-state index contributed by atoms with van der Waals surface area (Å²) in [5.41, 5.74) is 2.73. The third-order valence-corrected chi connectivity index (χ3v) is 7.89. The van der Waals surface area contributed by atoms with Crippen molar-refractivity contribution < 1.29 is 18.7 Å². The summed E-state index contributed by atoms with van der Waals surface area (Å²) in [4.78, 5) is 36.7. The summed E-state index contributed by atoms with van der Waals surface area (Å²) in [6.45, 7) is 4.05. The zero-order valence-corrected chi connectivity index (χ0v) is 23.7. The van der Waals surface area contributed by atoms with Crippen LogP contribution in [0.25, 0.3) is 11.3 Å². The molecule has 1 fully saturated rings. The van der Waals surface area contributed by atoms with Crippen LogP contribution in [0.1, 0.15) is 60.6 Å². The van der Waals surface area contributed by atoms with Crippen molar-refractivity contribution in [3.63, 3.8) is 0 Å². The summed E-state index contributed by atoms with van der Waals surface area (Å²) in [6.07, 6.45) is 2.90. The van der Waals surface area contributed by atoms with Crippen LogP contribution in [0.2, 0.25) is 0 Å². The van der Waals surface area contributed by atoms with Crippen molar-refractivity contribution in [1.29, 1.82) is 0 Å². The number of aliphatic imine (C=N–C) groups is 1. The number of carbonyl (C=O) groups is 2. The van der Waals surface area contributed by atoms with Gasteiger partial charge in [-0.05, 0) is 44.9 Å². The van der Waals surface area contributed by atoms with Gasteiger partial charge in [-0.1, -0.05) is 42.5 Å². The molecule has 1 saturated carbocycles. The van der Waals surface area contributed by atoms with Crippen molar-refractivity contribution in [2.24, 2.45) is 4.99 Å². The van der Waals surface area contributed by atoms with E-state index in [0.29, 0.717) is 39.8 Å². The van der Waals surface area contributed by atoms with E-state index in [-0.39, 0.29) is 29.4 Å². The van der Waals surface area contributed by atoms with Gasteiger partial charge in [0.15, 0.2) is 0 Å². The predicted molar refractivity (Wildman–Crippen MR) is 160 cm³/mol. The molecule has 3 atom stereocenters. The summed E-state index contributed by atoms with van der Waals surface area (Å²) in [7, 11) is 0. The highest BCUT2D eigenvalue weighted by molar-refractivity contribution is 6.20. The Morgan fingerprint density at radius 3 is 2.67 bits per heavy atom. The molecule has 3 N–H and O–H groups in total. The highest BCUT2D eigenvalue weighted by Gasteiger charge is 2.41. The number of hydrogen-bond donors (Lipinski definition) is 3. The molecule has 2 aromatic carbocycles. The van der Waals surface area contributed by atoms with Crippen molar-refractivity contribution >= 4 is 29.0 Å². The second-order valence-corrected chi connectivity index (χ2v) is 11.3. The van der Waals surface area contributed by atoms with Crippen LogP contribution in [0.15, 0.2) is 71.9 Å². The highest BCUT2D eigenvalue weighted by atomic mass is 19.1. The first-order valence-electron chi connectivity index (χ1n) is 14.4. The minimum Gasteiger partial charge on any atom is -0.474 e. The molecule has 1 aliphatic carbocycles. The number of nitrogens with zero attached hydrogens (tertiary/aromatic N) is 4. The lowest BCUT2D eigenvalue weighted by molar-refractivity contribution is -0.117. The van der Waals surface area contributed by atoms with Crippen LogP contribution in [0, 0.1) is 5.82 Å². The predicted octanol–water partition coefficient (Wildman–Crippen LogP) is 4.94. The molecule has 218 valence electrons. The average Bonchev–Trinajstić information content (AvgIpc) is 3.55. The number of fused-ring (bicyclic) bond motifs is 5. The molecule has 7 rings (SSSR count). The largest absolute Gasteiger partial charge is 0.474 e. The van der Waals surface area contributed by atoms with E-state index >= 15 is 0 Å². The third kappa shape index (κ3) is 4.90. The van der Waals surface area contributed by atoms with E-state index in [0.717, 1.165) is 19.3 Å². The monoisotopic (exact) mass is 579 g/mol. The van der Waals surface area contributed by atoms with Gasteiger partial charge in [0.25, 0.3) is 11.8 Å². The van der Waals surface area contributed by atoms with Crippen molar-refractivity contribution in [3.05, 3.63) is 89.4 Å². The van der Waals surface area contributed by atoms with Gasteiger partial charge >= 0.3 is 0 Å². The second kappa shape index (κ2) is 10.6. The Morgan fingerprint density at radius 1 is 1.07 bits per heavy atom. The Bertz CT molecular complexity index is 1750. The van der Waals surface area contributed by atoms with Crippen LogP contribution < -0.4 is 20.7 Å². The Balaban J connectivity index is 1.29. The molecule has 0 saturated heterocycles. The number of benzodiazepines with no additional fused rings is 1. The van der Waals surface area contributed by atoms with Crippen molar-refractivity contribution in [2.45, 2.75) is 57.5 Å². The molecular weight excluding hydrogens is 549 g/mol. The van der Waals surface area contributed by atoms with Gasteiger partial charge in [-0.25, -0.2) is 19.0 Å². The number of anilines is 2. The fraction of sp³-hybridized carbons (Fsp3) is 0.281. The molecule has 3 aliphatic rings. The van der Waals surface area contributed by atoms with Gasteiger partial charge in [0.1, 0.15) is 29.0 Å². The number of rotatable bonds is 6. The number of ether oxygens (including phenoxy) is 1. The van der Waals surface area contributed by atoms with Crippen LogP contribution in [-0.2, 0) is 4.79 Å². The molecule has 10 nitrogen and oxygen atoms in total. The molecule has 11 heteroatoms. The minimum absolute atomic E-state index is 0.00861. The summed E-state index contributed by atoms with van der Waals surface area (Å²) in [5, 5.41) is 13.5. The van der Waals surface area contributed by atoms with Gasteiger partial charge in [0.2, 0.25) is 12.0 Å². The number of carbonyl (C=O) groups excluding carboxylic acids is 2. The topological polar surface area (TPSA) is 123 Å². The zero-order chi connectivity index (χ0) is 29.7. The smallest absolute Gasteiger partial charge is 0.269 e. The van der Waals surface area contributed by atoms with E-state index in [1.807, 2.05) is 56.3 Å². The van der Waals surface area contributed by atoms with Crippen LogP contribution in [-0.4, -0.2) is 50.6 Å². The maximum atomic E-state index is 14.9. The number of nitrogens with one attached hydrogen (secondary N) is 3. The average molecular weight is 580 g/mol. The number of halogens is 1. The highest BCUT2D eigenvalue weighted by Crippen LogP contribution is 2.44. The molecule has 2 aliphatic heterocycles. The van der Waals surface area contributed by atoms with Gasteiger partial charge in [-0.3, -0.25) is 9.59 Å². The number of para-hydroxylation sites is 1. The Labute approximate surface area is 247 Å². The number of benzene rings is 2.